The van der Waals surface area contributed by atoms with E-state index >= 15 is 0 Å². The minimum atomic E-state index is -0.179. The Kier molecular flexibility index (Phi) is 7.34. The third-order valence-electron chi connectivity index (χ3n) is 4.15. The van der Waals surface area contributed by atoms with E-state index in [0.29, 0.717) is 18.5 Å². The molecule has 2 N–H and O–H groups in total. The van der Waals surface area contributed by atoms with E-state index < -0.39 is 0 Å². The molecule has 0 saturated carbocycles. The van der Waals surface area contributed by atoms with Gasteiger partial charge in [0.05, 0.1) is 20.3 Å². The minimum absolute atomic E-state index is 0.179. The summed E-state index contributed by atoms with van der Waals surface area (Å²) in [5.41, 5.74) is 0.750. The number of amides is 2. The molecule has 0 aliphatic carbocycles. The van der Waals surface area contributed by atoms with Gasteiger partial charge in [-0.3, -0.25) is 4.90 Å². The van der Waals surface area contributed by atoms with Crippen LogP contribution in [0.2, 0.25) is 0 Å². The van der Waals surface area contributed by atoms with Crippen LogP contribution in [0.3, 0.4) is 0 Å². The quantitative estimate of drug-likeness (QED) is 0.804. The molecular formula is C18H29N3O3. The molecule has 1 aromatic carbocycles. The normalized spacial score (nSPS) is 16.7. The molecule has 0 aromatic heterocycles. The molecule has 1 heterocycles. The lowest BCUT2D eigenvalue weighted by atomic mass is 10.0. The lowest BCUT2D eigenvalue weighted by Gasteiger charge is -2.35. The summed E-state index contributed by atoms with van der Waals surface area (Å²) in [4.78, 5) is 14.6. The van der Waals surface area contributed by atoms with Gasteiger partial charge in [-0.05, 0) is 36.6 Å². The van der Waals surface area contributed by atoms with Crippen molar-refractivity contribution < 1.29 is 14.3 Å². The first-order valence-corrected chi connectivity index (χ1v) is 8.59. The molecule has 1 saturated heterocycles. The predicted octanol–water partition coefficient (Wildman–Crippen LogP) is 2.56. The maximum atomic E-state index is 12.1. The zero-order valence-electron chi connectivity index (χ0n) is 14.9. The van der Waals surface area contributed by atoms with Crippen LogP contribution in [0.4, 0.5) is 10.5 Å². The average Bonchev–Trinajstić information content (AvgIpc) is 2.59. The van der Waals surface area contributed by atoms with Crippen LogP contribution in [-0.2, 0) is 4.74 Å². The Morgan fingerprint density at radius 3 is 2.50 bits per heavy atom. The fourth-order valence-electron chi connectivity index (χ4n) is 2.91. The predicted molar refractivity (Wildman–Crippen MR) is 95.7 cm³/mol. The number of hydrogen-bond acceptors (Lipinski definition) is 4. The molecule has 1 aliphatic heterocycles. The number of methoxy groups -OCH3 is 1. The summed E-state index contributed by atoms with van der Waals surface area (Å²) in [5, 5.41) is 5.85. The summed E-state index contributed by atoms with van der Waals surface area (Å²) in [6.45, 7) is 8.47. The summed E-state index contributed by atoms with van der Waals surface area (Å²) in [5.74, 6) is 1.36. The van der Waals surface area contributed by atoms with E-state index in [2.05, 4.69) is 29.4 Å². The van der Waals surface area contributed by atoms with Gasteiger partial charge in [0.1, 0.15) is 5.75 Å². The third-order valence-corrected chi connectivity index (χ3v) is 4.15. The molecule has 1 unspecified atom stereocenters. The zero-order chi connectivity index (χ0) is 17.4. The van der Waals surface area contributed by atoms with Crippen LogP contribution < -0.4 is 15.4 Å². The first kappa shape index (κ1) is 18.5. The number of carbonyl (C=O) groups is 1. The standard InChI is InChI=1S/C18H29N3O3/c1-14(2)12-16(21-8-10-24-11-9-21)13-19-18(22)20-15-4-6-17(23-3)7-5-15/h4-7,14,16H,8-13H2,1-3H3,(H2,19,20,22). The fourth-order valence-corrected chi connectivity index (χ4v) is 2.91. The van der Waals surface area contributed by atoms with Crippen LogP contribution in [0.5, 0.6) is 5.75 Å². The lowest BCUT2D eigenvalue weighted by molar-refractivity contribution is 0.0130. The molecule has 1 aromatic rings. The van der Waals surface area contributed by atoms with Crippen molar-refractivity contribution in [3.05, 3.63) is 24.3 Å². The highest BCUT2D eigenvalue weighted by Gasteiger charge is 2.22. The second-order valence-corrected chi connectivity index (χ2v) is 6.50. The van der Waals surface area contributed by atoms with Crippen LogP contribution in [0, 0.1) is 5.92 Å². The van der Waals surface area contributed by atoms with Gasteiger partial charge in [-0.25, -0.2) is 4.79 Å². The number of ether oxygens (including phenoxy) is 2. The van der Waals surface area contributed by atoms with Crippen LogP contribution in [0.1, 0.15) is 20.3 Å². The Balaban J connectivity index is 1.83. The number of morpholine rings is 1. The SMILES string of the molecule is COc1ccc(NC(=O)NCC(CC(C)C)N2CCOCC2)cc1. The van der Waals surface area contributed by atoms with Gasteiger partial charge in [0.2, 0.25) is 0 Å². The van der Waals surface area contributed by atoms with Gasteiger partial charge in [-0.2, -0.15) is 0 Å². The third kappa shape index (κ3) is 6.02. The second-order valence-electron chi connectivity index (χ2n) is 6.50. The number of hydrogen-bond donors (Lipinski definition) is 2. The highest BCUT2D eigenvalue weighted by Crippen LogP contribution is 2.15. The highest BCUT2D eigenvalue weighted by molar-refractivity contribution is 5.89. The van der Waals surface area contributed by atoms with Crippen LogP contribution in [-0.4, -0.2) is 56.9 Å². The number of benzene rings is 1. The van der Waals surface area contributed by atoms with Gasteiger partial charge in [0.15, 0.2) is 0 Å². The molecule has 134 valence electrons. The number of carbonyl (C=O) groups excluding carboxylic acids is 1. The van der Waals surface area contributed by atoms with Gasteiger partial charge in [-0.1, -0.05) is 13.8 Å². The molecule has 6 nitrogen and oxygen atoms in total. The van der Waals surface area contributed by atoms with Crippen molar-refractivity contribution in [1.82, 2.24) is 10.2 Å². The zero-order valence-corrected chi connectivity index (χ0v) is 14.9. The Hall–Kier alpha value is -1.79. The number of anilines is 1. The van der Waals surface area contributed by atoms with Gasteiger partial charge >= 0.3 is 6.03 Å². The summed E-state index contributed by atoms with van der Waals surface area (Å²) in [7, 11) is 1.62. The van der Waals surface area contributed by atoms with Crippen LogP contribution in [0.15, 0.2) is 24.3 Å². The van der Waals surface area contributed by atoms with Crippen molar-refractivity contribution in [2.75, 3.05) is 45.3 Å². The largest absolute Gasteiger partial charge is 0.497 e. The topological polar surface area (TPSA) is 62.8 Å². The van der Waals surface area contributed by atoms with E-state index in [-0.39, 0.29) is 6.03 Å². The lowest BCUT2D eigenvalue weighted by Crippen LogP contribution is -2.49. The molecule has 1 fully saturated rings. The van der Waals surface area contributed by atoms with Crippen molar-refractivity contribution >= 4 is 11.7 Å². The molecular weight excluding hydrogens is 306 g/mol. The van der Waals surface area contributed by atoms with Crippen LogP contribution >= 0.6 is 0 Å². The van der Waals surface area contributed by atoms with Gasteiger partial charge in [-0.15, -0.1) is 0 Å². The van der Waals surface area contributed by atoms with Crippen molar-refractivity contribution in [2.45, 2.75) is 26.3 Å². The van der Waals surface area contributed by atoms with Gasteiger partial charge in [0, 0.05) is 31.4 Å². The molecule has 24 heavy (non-hydrogen) atoms. The Labute approximate surface area is 144 Å². The highest BCUT2D eigenvalue weighted by atomic mass is 16.5. The molecule has 1 aliphatic rings. The summed E-state index contributed by atoms with van der Waals surface area (Å²) in [6.07, 6.45) is 1.06. The van der Waals surface area contributed by atoms with Gasteiger partial charge < -0.3 is 20.1 Å². The van der Waals surface area contributed by atoms with Crippen molar-refractivity contribution in [1.29, 1.82) is 0 Å². The Morgan fingerprint density at radius 2 is 1.92 bits per heavy atom. The van der Waals surface area contributed by atoms with Crippen LogP contribution in [0.25, 0.3) is 0 Å². The summed E-state index contributed by atoms with van der Waals surface area (Å²) >= 11 is 0. The van der Waals surface area contributed by atoms with Crippen molar-refractivity contribution in [2.24, 2.45) is 5.92 Å². The molecule has 0 spiro atoms. The molecule has 6 heteroatoms. The van der Waals surface area contributed by atoms with E-state index in [1.807, 2.05) is 24.3 Å². The van der Waals surface area contributed by atoms with E-state index in [9.17, 15) is 4.79 Å². The average molecular weight is 335 g/mol. The molecule has 2 rings (SSSR count). The molecule has 0 radical (unpaired) electrons. The number of rotatable bonds is 7. The summed E-state index contributed by atoms with van der Waals surface area (Å²) < 4.78 is 10.5. The molecule has 1 atom stereocenters. The number of urea groups is 1. The first-order valence-electron chi connectivity index (χ1n) is 8.59. The van der Waals surface area contributed by atoms with E-state index in [1.165, 1.54) is 0 Å². The Morgan fingerprint density at radius 1 is 1.25 bits per heavy atom. The maximum absolute atomic E-state index is 12.1. The minimum Gasteiger partial charge on any atom is -0.497 e. The number of nitrogens with zero attached hydrogens (tertiary/aromatic N) is 1. The fraction of sp³-hybridized carbons (Fsp3) is 0.611. The monoisotopic (exact) mass is 335 g/mol. The smallest absolute Gasteiger partial charge is 0.319 e. The number of nitrogens with one attached hydrogen (secondary N) is 2. The van der Waals surface area contributed by atoms with Crippen molar-refractivity contribution in [3.63, 3.8) is 0 Å². The molecule has 2 amide bonds. The maximum Gasteiger partial charge on any atom is 0.319 e. The van der Waals surface area contributed by atoms with E-state index in [1.54, 1.807) is 7.11 Å². The first-order chi connectivity index (χ1) is 11.6. The summed E-state index contributed by atoms with van der Waals surface area (Å²) in [6, 6.07) is 7.46. The van der Waals surface area contributed by atoms with Gasteiger partial charge in [0.25, 0.3) is 0 Å². The Bertz CT molecular complexity index is 499. The van der Waals surface area contributed by atoms with E-state index in [4.69, 9.17) is 9.47 Å². The molecule has 0 bridgehead atoms. The van der Waals surface area contributed by atoms with E-state index in [0.717, 1.165) is 44.2 Å². The van der Waals surface area contributed by atoms with Crippen molar-refractivity contribution in [3.8, 4) is 5.75 Å². The second kappa shape index (κ2) is 9.49.